The average molecular weight is 556 g/mol. The van der Waals surface area contributed by atoms with Gasteiger partial charge in [0.05, 0.1) is 23.5 Å². The van der Waals surface area contributed by atoms with Gasteiger partial charge in [-0.15, -0.1) is 11.3 Å². The van der Waals surface area contributed by atoms with E-state index in [1.807, 2.05) is 11.4 Å². The monoisotopic (exact) mass is 555 g/mol. The number of ether oxygens (including phenoxy) is 3. The van der Waals surface area contributed by atoms with E-state index in [2.05, 4.69) is 35.5 Å². The van der Waals surface area contributed by atoms with Crippen LogP contribution in [0.25, 0.3) is 10.7 Å². The lowest BCUT2D eigenvalue weighted by molar-refractivity contribution is 0.192. The van der Waals surface area contributed by atoms with Gasteiger partial charge in [0, 0.05) is 0 Å². The number of aromatic nitrogens is 2. The molecule has 0 aliphatic heterocycles. The van der Waals surface area contributed by atoms with E-state index in [-0.39, 0.29) is 46.8 Å². The van der Waals surface area contributed by atoms with Crippen LogP contribution < -0.4 is 18.9 Å². The Balaban J connectivity index is 1.83. The zero-order chi connectivity index (χ0) is 27.3. The largest absolute Gasteiger partial charge is 0.493 e. The number of benzene rings is 2. The highest BCUT2D eigenvalue weighted by molar-refractivity contribution is 7.92. The summed E-state index contributed by atoms with van der Waals surface area (Å²) in [6.45, 7) is 5.78. The van der Waals surface area contributed by atoms with Gasteiger partial charge in [-0.25, -0.2) is 13.4 Å². The molecule has 0 atom stereocenters. The van der Waals surface area contributed by atoms with Gasteiger partial charge >= 0.3 is 0 Å². The predicted octanol–water partition coefficient (Wildman–Crippen LogP) is 5.48. The van der Waals surface area contributed by atoms with Gasteiger partial charge in [0.15, 0.2) is 23.1 Å². The van der Waals surface area contributed by atoms with Crippen molar-refractivity contribution in [2.45, 2.75) is 31.1 Å². The Hall–Kier alpha value is -3.67. The molecule has 2 aromatic heterocycles. The molecule has 0 unspecified atom stereocenters. The number of nitrogens with zero attached hydrogens (tertiary/aromatic N) is 2. The Morgan fingerprint density at radius 2 is 1.68 bits per heavy atom. The van der Waals surface area contributed by atoms with E-state index in [4.69, 9.17) is 14.2 Å². The highest BCUT2D eigenvalue weighted by atomic mass is 32.2. The minimum atomic E-state index is -4.08. The van der Waals surface area contributed by atoms with Crippen molar-refractivity contribution in [2.24, 2.45) is 0 Å². The SMILES string of the molecule is COc1ccccc1Oc1c(NS(=O)(=O)c2ccc(C(C)(C)C)cc2)nc(-c2cccs2)nc1OCCO. The lowest BCUT2D eigenvalue weighted by atomic mass is 9.87. The molecule has 4 aromatic rings. The van der Waals surface area contributed by atoms with Crippen molar-refractivity contribution >= 4 is 27.2 Å². The number of rotatable bonds is 10. The van der Waals surface area contributed by atoms with Crippen LogP contribution in [0.2, 0.25) is 0 Å². The van der Waals surface area contributed by atoms with Crippen LogP contribution in [0.3, 0.4) is 0 Å². The van der Waals surface area contributed by atoms with E-state index in [1.165, 1.54) is 18.4 Å². The Labute approximate surface area is 226 Å². The molecule has 9 nitrogen and oxygen atoms in total. The molecule has 4 rings (SSSR count). The van der Waals surface area contributed by atoms with Crippen LogP contribution in [-0.4, -0.2) is 43.8 Å². The van der Waals surface area contributed by atoms with Crippen molar-refractivity contribution in [3.05, 3.63) is 71.6 Å². The number of methoxy groups -OCH3 is 1. The smallest absolute Gasteiger partial charge is 0.263 e. The molecular formula is C27H29N3O6S2. The standard InChI is InChI=1S/C27H29N3O6S2/c1-27(2,3)18-11-13-19(14-12-18)38(32,33)30-25-23(36-21-9-6-5-8-20(21)34-4)26(35-16-15-31)29-24(28-25)22-10-7-17-37-22/h5-14,17,31H,15-16H2,1-4H3,(H,28,29,30). The van der Waals surface area contributed by atoms with Gasteiger partial charge in [-0.3, -0.25) is 4.72 Å². The zero-order valence-corrected chi connectivity index (χ0v) is 23.1. The summed E-state index contributed by atoms with van der Waals surface area (Å²) in [4.78, 5) is 9.73. The first-order valence-electron chi connectivity index (χ1n) is 11.8. The van der Waals surface area contributed by atoms with Crippen molar-refractivity contribution in [3.63, 3.8) is 0 Å². The third-order valence-electron chi connectivity index (χ3n) is 5.45. The van der Waals surface area contributed by atoms with E-state index < -0.39 is 10.0 Å². The second-order valence-corrected chi connectivity index (χ2v) is 11.8. The van der Waals surface area contributed by atoms with Gasteiger partial charge in [0.1, 0.15) is 6.61 Å². The number of nitrogens with one attached hydrogen (secondary N) is 1. The molecule has 0 spiro atoms. The molecule has 2 N–H and O–H groups in total. The first-order chi connectivity index (χ1) is 18.1. The van der Waals surface area contributed by atoms with E-state index in [9.17, 15) is 13.5 Å². The minimum Gasteiger partial charge on any atom is -0.493 e. The second-order valence-electron chi connectivity index (χ2n) is 9.21. The van der Waals surface area contributed by atoms with Crippen molar-refractivity contribution < 1.29 is 27.7 Å². The zero-order valence-electron chi connectivity index (χ0n) is 21.5. The van der Waals surface area contributed by atoms with Gasteiger partial charge in [-0.1, -0.05) is 51.1 Å². The fourth-order valence-electron chi connectivity index (χ4n) is 3.48. The number of anilines is 1. The summed E-state index contributed by atoms with van der Waals surface area (Å²) in [5, 5.41) is 11.2. The number of thiophene rings is 1. The molecule has 0 radical (unpaired) electrons. The number of para-hydroxylation sites is 2. The first kappa shape index (κ1) is 27.4. The maximum absolute atomic E-state index is 13.5. The molecule has 2 aromatic carbocycles. The molecule has 0 fully saturated rings. The number of aliphatic hydroxyl groups excluding tert-OH is 1. The normalized spacial score (nSPS) is 11.7. The molecule has 2 heterocycles. The average Bonchev–Trinajstić information content (AvgIpc) is 3.43. The third kappa shape index (κ3) is 6.24. The van der Waals surface area contributed by atoms with Crippen LogP contribution >= 0.6 is 11.3 Å². The lowest BCUT2D eigenvalue weighted by Gasteiger charge is -2.20. The van der Waals surface area contributed by atoms with Gasteiger partial charge in [0.25, 0.3) is 15.9 Å². The molecule has 0 aliphatic carbocycles. The summed E-state index contributed by atoms with van der Waals surface area (Å²) < 4.78 is 46.7. The summed E-state index contributed by atoms with van der Waals surface area (Å²) >= 11 is 1.38. The Morgan fingerprint density at radius 1 is 0.974 bits per heavy atom. The summed E-state index contributed by atoms with van der Waals surface area (Å²) in [5.41, 5.74) is 0.866. The van der Waals surface area contributed by atoms with Gasteiger partial charge in [-0.2, -0.15) is 4.98 Å². The lowest BCUT2D eigenvalue weighted by Crippen LogP contribution is -2.17. The van der Waals surface area contributed by atoms with Crippen LogP contribution in [0.5, 0.6) is 23.1 Å². The topological polar surface area (TPSA) is 120 Å². The summed E-state index contributed by atoms with van der Waals surface area (Å²) in [7, 11) is -2.59. The molecular weight excluding hydrogens is 526 g/mol. The van der Waals surface area contributed by atoms with Crippen molar-refractivity contribution in [1.82, 2.24) is 9.97 Å². The molecule has 11 heteroatoms. The van der Waals surface area contributed by atoms with Crippen molar-refractivity contribution in [2.75, 3.05) is 25.0 Å². The van der Waals surface area contributed by atoms with Crippen LogP contribution in [0.15, 0.2) is 70.9 Å². The van der Waals surface area contributed by atoms with Gasteiger partial charge in [-0.05, 0) is 46.7 Å². The second kappa shape index (κ2) is 11.4. The minimum absolute atomic E-state index is 0.0378. The number of hydrogen-bond donors (Lipinski definition) is 2. The molecule has 200 valence electrons. The maximum Gasteiger partial charge on any atom is 0.263 e. The fraction of sp³-hybridized carbons (Fsp3) is 0.259. The van der Waals surface area contributed by atoms with E-state index >= 15 is 0 Å². The molecule has 0 saturated carbocycles. The van der Waals surface area contributed by atoms with E-state index in [0.717, 1.165) is 5.56 Å². The first-order valence-corrected chi connectivity index (χ1v) is 14.1. The molecule has 0 amide bonds. The van der Waals surface area contributed by atoms with Gasteiger partial charge in [0.2, 0.25) is 5.75 Å². The number of sulfonamides is 1. The van der Waals surface area contributed by atoms with E-state index in [1.54, 1.807) is 54.6 Å². The number of hydrogen-bond acceptors (Lipinski definition) is 9. The van der Waals surface area contributed by atoms with Crippen LogP contribution in [0.1, 0.15) is 26.3 Å². The number of aliphatic hydroxyl groups is 1. The molecule has 0 aliphatic rings. The van der Waals surface area contributed by atoms with Crippen molar-refractivity contribution in [1.29, 1.82) is 0 Å². The Morgan fingerprint density at radius 3 is 2.29 bits per heavy atom. The quantitative estimate of drug-likeness (QED) is 0.264. The highest BCUT2D eigenvalue weighted by Gasteiger charge is 2.26. The summed E-state index contributed by atoms with van der Waals surface area (Å²) in [6.07, 6.45) is 0. The van der Waals surface area contributed by atoms with Crippen LogP contribution in [-0.2, 0) is 15.4 Å². The van der Waals surface area contributed by atoms with E-state index in [0.29, 0.717) is 16.4 Å². The fourth-order valence-corrected chi connectivity index (χ4v) is 5.14. The highest BCUT2D eigenvalue weighted by Crippen LogP contribution is 2.42. The summed E-state index contributed by atoms with van der Waals surface area (Å²) in [5.74, 6) is 0.714. The Kier molecular flexibility index (Phi) is 8.20. The summed E-state index contributed by atoms with van der Waals surface area (Å²) in [6, 6.07) is 17.2. The molecule has 0 bridgehead atoms. The Bertz CT molecular complexity index is 1480. The molecule has 0 saturated heterocycles. The molecule has 38 heavy (non-hydrogen) atoms. The third-order valence-corrected chi connectivity index (χ3v) is 7.67. The van der Waals surface area contributed by atoms with Crippen molar-refractivity contribution in [3.8, 4) is 33.8 Å². The van der Waals surface area contributed by atoms with Gasteiger partial charge < -0.3 is 19.3 Å². The van der Waals surface area contributed by atoms with Crippen LogP contribution in [0, 0.1) is 0 Å². The van der Waals surface area contributed by atoms with Crippen LogP contribution in [0.4, 0.5) is 5.82 Å². The maximum atomic E-state index is 13.5. The predicted molar refractivity (Wildman–Crippen MR) is 147 cm³/mol.